The van der Waals surface area contributed by atoms with Gasteiger partial charge in [-0.25, -0.2) is 0 Å². The van der Waals surface area contributed by atoms with E-state index in [1.165, 1.54) is 7.11 Å². The van der Waals surface area contributed by atoms with Crippen LogP contribution in [-0.4, -0.2) is 60.2 Å². The number of amides is 1. The van der Waals surface area contributed by atoms with E-state index in [0.717, 1.165) is 17.5 Å². The normalized spacial score (nSPS) is 33.6. The largest absolute Gasteiger partial charge is 0.468 e. The molecule has 3 N–H and O–H groups in total. The van der Waals surface area contributed by atoms with Crippen LogP contribution in [-0.2, 0) is 31.9 Å². The molecule has 7 nitrogen and oxygen atoms in total. The number of hydrogen-bond donors (Lipinski definition) is 3. The molecule has 1 saturated heterocycles. The molecule has 7 heteroatoms. The third kappa shape index (κ3) is 4.56. The maximum Gasteiger partial charge on any atom is 0.322 e. The van der Waals surface area contributed by atoms with Gasteiger partial charge in [-0.1, -0.05) is 67.6 Å². The Morgan fingerprint density at radius 3 is 2.25 bits per heavy atom. The Hall–Kier alpha value is -2.74. The molecule has 2 aromatic carbocycles. The van der Waals surface area contributed by atoms with Crippen LogP contribution >= 0.6 is 0 Å². The van der Waals surface area contributed by atoms with Crippen LogP contribution < -0.4 is 5.32 Å². The minimum atomic E-state index is -1.61. The lowest BCUT2D eigenvalue weighted by atomic mass is 9.50. The van der Waals surface area contributed by atoms with Gasteiger partial charge in [0.1, 0.15) is 0 Å². The third-order valence-electron chi connectivity index (χ3n) is 8.45. The van der Waals surface area contributed by atoms with Gasteiger partial charge in [0.05, 0.1) is 25.4 Å². The molecule has 1 saturated carbocycles. The van der Waals surface area contributed by atoms with Crippen molar-refractivity contribution < 1.29 is 29.3 Å². The fourth-order valence-corrected chi connectivity index (χ4v) is 6.42. The summed E-state index contributed by atoms with van der Waals surface area (Å²) in [5.41, 5.74) is -0.949. The van der Waals surface area contributed by atoms with Crippen LogP contribution in [0.1, 0.15) is 31.4 Å². The summed E-state index contributed by atoms with van der Waals surface area (Å²) in [6.07, 6.45) is 0.164. The molecule has 1 aliphatic heterocycles. The summed E-state index contributed by atoms with van der Waals surface area (Å²) in [6.45, 7) is 4.10. The molecule has 2 aromatic rings. The highest BCUT2D eigenvalue weighted by Crippen LogP contribution is 2.58. The van der Waals surface area contributed by atoms with E-state index in [2.05, 4.69) is 5.32 Å². The lowest BCUT2D eigenvalue weighted by Gasteiger charge is -2.54. The quantitative estimate of drug-likeness (QED) is 0.281. The number of carbonyl (C=O) groups excluding carboxylic acids is 2. The van der Waals surface area contributed by atoms with Crippen molar-refractivity contribution in [2.24, 2.45) is 23.2 Å². The van der Waals surface area contributed by atoms with Crippen LogP contribution in [0.15, 0.2) is 60.7 Å². The van der Waals surface area contributed by atoms with Crippen LogP contribution in [0.3, 0.4) is 0 Å². The monoisotopic (exact) mass is 495 g/mol. The molecule has 0 spiro atoms. The Kier molecular flexibility index (Phi) is 7.83. The second kappa shape index (κ2) is 10.7. The Bertz CT molecular complexity index is 1040. The molecule has 2 fully saturated rings. The molecular weight excluding hydrogens is 458 g/mol. The van der Waals surface area contributed by atoms with E-state index in [0.29, 0.717) is 13.0 Å². The smallest absolute Gasteiger partial charge is 0.322 e. The van der Waals surface area contributed by atoms with E-state index < -0.39 is 52.8 Å². The van der Waals surface area contributed by atoms with Gasteiger partial charge in [-0.15, -0.1) is 0 Å². The maximum absolute atomic E-state index is 13.7. The number of aliphatic hydroxyl groups excluding tert-OH is 1. The van der Waals surface area contributed by atoms with Crippen molar-refractivity contribution in [3.05, 3.63) is 71.8 Å². The van der Waals surface area contributed by atoms with Gasteiger partial charge in [0, 0.05) is 24.5 Å². The van der Waals surface area contributed by atoms with Gasteiger partial charge in [-0.2, -0.15) is 0 Å². The highest BCUT2D eigenvalue weighted by Gasteiger charge is 2.73. The number of methoxy groups -OCH3 is 1. The average Bonchev–Trinajstić information content (AvgIpc) is 3.17. The lowest BCUT2D eigenvalue weighted by molar-refractivity contribution is -0.219. The summed E-state index contributed by atoms with van der Waals surface area (Å²) in [5.74, 6) is -3.09. The van der Waals surface area contributed by atoms with Gasteiger partial charge in [0.2, 0.25) is 5.91 Å². The fraction of sp³-hybridized carbons (Fsp3) is 0.517. The van der Waals surface area contributed by atoms with Gasteiger partial charge in [-0.3, -0.25) is 9.59 Å². The standard InChI is InChI=1S/C29H37NO6/c1-19-24-23(18-21-12-8-5-9-13-21)30-26(32)29(24,27(33)35-3)22(25(31)28(19,2)34)15-17-36-16-14-20-10-6-4-7-11-20/h4-13,19,22-25,31,34H,14-18H2,1-3H3,(H,30,32)/t19-,22-,23-,24-,25-,28+,29+/m0/s1. The highest BCUT2D eigenvalue weighted by molar-refractivity contribution is 6.06. The molecule has 7 atom stereocenters. The Balaban J connectivity index is 1.60. The molecule has 0 bridgehead atoms. The highest BCUT2D eigenvalue weighted by atomic mass is 16.5. The summed E-state index contributed by atoms with van der Waals surface area (Å²) >= 11 is 0. The van der Waals surface area contributed by atoms with E-state index in [1.807, 2.05) is 60.7 Å². The number of esters is 1. The molecule has 2 aliphatic rings. The van der Waals surface area contributed by atoms with Crippen molar-refractivity contribution in [1.82, 2.24) is 5.32 Å². The van der Waals surface area contributed by atoms with Crippen LogP contribution in [0.25, 0.3) is 0 Å². The molecule has 0 aromatic heterocycles. The second-order valence-electron chi connectivity index (χ2n) is 10.4. The summed E-state index contributed by atoms with van der Waals surface area (Å²) in [7, 11) is 1.27. The van der Waals surface area contributed by atoms with Gasteiger partial charge in [0.15, 0.2) is 5.41 Å². The molecule has 1 heterocycles. The zero-order chi connectivity index (χ0) is 25.9. The number of ether oxygens (including phenoxy) is 2. The molecular formula is C29H37NO6. The minimum absolute atomic E-state index is 0.232. The predicted octanol–water partition coefficient (Wildman–Crippen LogP) is 2.53. The van der Waals surface area contributed by atoms with E-state index >= 15 is 0 Å². The SMILES string of the molecule is COC(=O)[C@@]12C(=O)N[C@@H](Cc3ccccc3)[C@@H]1[C@H](C)[C@@](C)(O)[C@@H](O)[C@@H]2CCOCCc1ccccc1. The molecule has 0 unspecified atom stereocenters. The van der Waals surface area contributed by atoms with E-state index in [4.69, 9.17) is 9.47 Å². The van der Waals surface area contributed by atoms with Crippen LogP contribution in [0, 0.1) is 23.2 Å². The second-order valence-corrected chi connectivity index (χ2v) is 10.4. The van der Waals surface area contributed by atoms with Gasteiger partial charge < -0.3 is 25.0 Å². The maximum atomic E-state index is 13.7. The first-order valence-electron chi connectivity index (χ1n) is 12.7. The molecule has 4 rings (SSSR count). The van der Waals surface area contributed by atoms with E-state index in [9.17, 15) is 19.8 Å². The van der Waals surface area contributed by atoms with Crippen LogP contribution in [0.5, 0.6) is 0 Å². The first-order valence-corrected chi connectivity index (χ1v) is 12.7. The van der Waals surface area contributed by atoms with Crippen molar-refractivity contribution >= 4 is 11.9 Å². The molecule has 1 amide bonds. The zero-order valence-electron chi connectivity index (χ0n) is 21.2. The number of carbonyl (C=O) groups is 2. The first kappa shape index (κ1) is 26.3. The summed E-state index contributed by atoms with van der Waals surface area (Å²) < 4.78 is 11.1. The van der Waals surface area contributed by atoms with E-state index in [-0.39, 0.29) is 13.0 Å². The summed E-state index contributed by atoms with van der Waals surface area (Å²) in [6, 6.07) is 19.3. The van der Waals surface area contributed by atoms with Crippen molar-refractivity contribution in [3.8, 4) is 0 Å². The van der Waals surface area contributed by atoms with Gasteiger partial charge in [0.25, 0.3) is 0 Å². The third-order valence-corrected chi connectivity index (χ3v) is 8.45. The topological polar surface area (TPSA) is 105 Å². The van der Waals surface area contributed by atoms with Gasteiger partial charge >= 0.3 is 5.97 Å². The Labute approximate surface area is 212 Å². The zero-order valence-corrected chi connectivity index (χ0v) is 21.2. The minimum Gasteiger partial charge on any atom is -0.468 e. The lowest BCUT2D eigenvalue weighted by Crippen LogP contribution is -2.68. The molecule has 194 valence electrons. The number of benzene rings is 2. The first-order chi connectivity index (χ1) is 17.2. The predicted molar refractivity (Wildman–Crippen MR) is 135 cm³/mol. The van der Waals surface area contributed by atoms with Crippen molar-refractivity contribution in [2.45, 2.75) is 50.9 Å². The van der Waals surface area contributed by atoms with Crippen molar-refractivity contribution in [1.29, 1.82) is 0 Å². The summed E-state index contributed by atoms with van der Waals surface area (Å²) in [5, 5.41) is 25.8. The van der Waals surface area contributed by atoms with Gasteiger partial charge in [-0.05, 0) is 43.2 Å². The fourth-order valence-electron chi connectivity index (χ4n) is 6.42. The van der Waals surface area contributed by atoms with Crippen LogP contribution in [0.2, 0.25) is 0 Å². The number of nitrogens with one attached hydrogen (secondary N) is 1. The molecule has 36 heavy (non-hydrogen) atoms. The molecule has 1 aliphatic carbocycles. The Morgan fingerprint density at radius 1 is 1.03 bits per heavy atom. The molecule has 0 radical (unpaired) electrons. The van der Waals surface area contributed by atoms with E-state index in [1.54, 1.807) is 13.8 Å². The van der Waals surface area contributed by atoms with Crippen LogP contribution in [0.4, 0.5) is 0 Å². The number of aliphatic hydroxyl groups is 2. The average molecular weight is 496 g/mol. The number of fused-ring (bicyclic) bond motifs is 1. The number of rotatable bonds is 9. The summed E-state index contributed by atoms with van der Waals surface area (Å²) in [4.78, 5) is 27.1. The van der Waals surface area contributed by atoms with Crippen molar-refractivity contribution in [2.75, 3.05) is 20.3 Å². The Morgan fingerprint density at radius 2 is 1.64 bits per heavy atom. The van der Waals surface area contributed by atoms with Crippen molar-refractivity contribution in [3.63, 3.8) is 0 Å². The number of hydrogen-bond acceptors (Lipinski definition) is 6.